The van der Waals surface area contributed by atoms with Crippen LogP contribution in [0.2, 0.25) is 23.3 Å². The van der Waals surface area contributed by atoms with Crippen LogP contribution in [0.1, 0.15) is 99.6 Å². The van der Waals surface area contributed by atoms with Crippen molar-refractivity contribution in [3.8, 4) is 0 Å². The normalized spacial score (nSPS) is 24.5. The first kappa shape index (κ1) is 29.1. The minimum absolute atomic E-state index is 0.0212. The minimum Gasteiger partial charge on any atom is -0.410 e. The molecule has 2 aliphatic heterocycles. The summed E-state index contributed by atoms with van der Waals surface area (Å²) in [5, 5.41) is 0.383. The van der Waals surface area contributed by atoms with Gasteiger partial charge in [-0.25, -0.2) is 4.98 Å². The average molecular weight is 582 g/mol. The van der Waals surface area contributed by atoms with E-state index < -0.39 is 31.8 Å². The van der Waals surface area contributed by atoms with Crippen LogP contribution in [0.4, 0.5) is 13.2 Å². The molecule has 1 aromatic carbocycles. The van der Waals surface area contributed by atoms with Gasteiger partial charge in [0.05, 0.1) is 17.3 Å². The molecule has 0 bridgehead atoms. The predicted octanol–water partition coefficient (Wildman–Crippen LogP) is 8.91. The first-order valence-electron chi connectivity index (χ1n) is 13.8. The van der Waals surface area contributed by atoms with Crippen LogP contribution in [0, 0.1) is 5.41 Å². The first-order chi connectivity index (χ1) is 17.9. The van der Waals surface area contributed by atoms with Gasteiger partial charge in [0.1, 0.15) is 11.3 Å². The molecule has 2 aromatic rings. The van der Waals surface area contributed by atoms with Gasteiger partial charge >= 0.3 is 6.18 Å². The molecule has 1 fully saturated rings. The number of alkyl halides is 3. The molecule has 1 aromatic heterocycles. The third-order valence-electron chi connectivity index (χ3n) is 9.16. The van der Waals surface area contributed by atoms with E-state index in [1.807, 2.05) is 0 Å². The van der Waals surface area contributed by atoms with Crippen molar-refractivity contribution in [1.82, 2.24) is 4.98 Å². The van der Waals surface area contributed by atoms with Gasteiger partial charge in [-0.15, -0.1) is 0 Å². The zero-order valence-electron chi connectivity index (χ0n) is 23.9. The maximum absolute atomic E-state index is 13.3. The maximum atomic E-state index is 13.3. The lowest BCUT2D eigenvalue weighted by Crippen LogP contribution is -2.44. The maximum Gasteiger partial charge on any atom is 0.416 e. The van der Waals surface area contributed by atoms with Crippen molar-refractivity contribution >= 4 is 19.9 Å². The SMILES string of the molecule is CC1(C)Cc2nc(Cl)c3c(c2[C@@H](O[Si](C)(C)C(C)(C)C)C1)C1(CCOCC1)O[C@H]3c1ccc(C(F)(F)F)cc1. The number of aromatic nitrogens is 1. The molecule has 0 N–H and O–H groups in total. The van der Waals surface area contributed by atoms with Gasteiger partial charge in [-0.2, -0.15) is 13.2 Å². The lowest BCUT2D eigenvalue weighted by atomic mass is 9.70. The third kappa shape index (κ3) is 5.20. The number of pyridine rings is 1. The van der Waals surface area contributed by atoms with Crippen molar-refractivity contribution < 1.29 is 27.1 Å². The molecular formula is C30H39ClF3NO3Si. The summed E-state index contributed by atoms with van der Waals surface area (Å²) < 4.78 is 59.7. The van der Waals surface area contributed by atoms with Gasteiger partial charge < -0.3 is 13.9 Å². The Bertz CT molecular complexity index is 1250. The molecule has 2 atom stereocenters. The molecule has 0 saturated carbocycles. The quantitative estimate of drug-likeness (QED) is 0.268. The van der Waals surface area contributed by atoms with Gasteiger partial charge in [-0.3, -0.25) is 0 Å². The van der Waals surface area contributed by atoms with E-state index in [0.29, 0.717) is 36.8 Å². The average Bonchev–Trinajstić information content (AvgIpc) is 3.12. The van der Waals surface area contributed by atoms with E-state index in [9.17, 15) is 13.2 Å². The Kier molecular flexibility index (Phi) is 7.11. The van der Waals surface area contributed by atoms with Crippen LogP contribution < -0.4 is 0 Å². The molecule has 5 rings (SSSR count). The van der Waals surface area contributed by atoms with E-state index in [0.717, 1.165) is 47.4 Å². The third-order valence-corrected chi connectivity index (χ3v) is 13.9. The number of ether oxygens (including phenoxy) is 2. The molecule has 39 heavy (non-hydrogen) atoms. The minimum atomic E-state index is -4.41. The van der Waals surface area contributed by atoms with E-state index in [-0.39, 0.29) is 16.6 Å². The molecule has 1 saturated heterocycles. The standard InChI is InChI=1S/C30H39ClF3NO3Si/c1-27(2,3)39(6,7)38-21-17-28(4,5)16-20-22(21)24-23(26(31)35-20)25(37-29(24)12-14-36-15-13-29)18-8-10-19(11-9-18)30(32,33)34/h8-11,21,25H,12-17H2,1-7H3/t21-,25-/m0/s1. The topological polar surface area (TPSA) is 40.6 Å². The van der Waals surface area contributed by atoms with Crippen LogP contribution in [0.15, 0.2) is 24.3 Å². The molecule has 3 aliphatic rings. The van der Waals surface area contributed by atoms with Crippen LogP contribution in [0.3, 0.4) is 0 Å². The Labute approximate surface area is 235 Å². The zero-order valence-corrected chi connectivity index (χ0v) is 25.6. The highest BCUT2D eigenvalue weighted by atomic mass is 35.5. The summed E-state index contributed by atoms with van der Waals surface area (Å²) in [6, 6.07) is 5.22. The van der Waals surface area contributed by atoms with Crippen molar-refractivity contribution in [3.63, 3.8) is 0 Å². The van der Waals surface area contributed by atoms with Crippen molar-refractivity contribution in [3.05, 3.63) is 62.9 Å². The highest BCUT2D eigenvalue weighted by Gasteiger charge is 2.53. The van der Waals surface area contributed by atoms with Crippen LogP contribution >= 0.6 is 11.6 Å². The van der Waals surface area contributed by atoms with Gasteiger partial charge in [0.25, 0.3) is 0 Å². The van der Waals surface area contributed by atoms with Crippen molar-refractivity contribution in [1.29, 1.82) is 0 Å². The van der Waals surface area contributed by atoms with E-state index >= 15 is 0 Å². The number of halogens is 4. The highest BCUT2D eigenvalue weighted by Crippen LogP contribution is 2.59. The van der Waals surface area contributed by atoms with E-state index in [1.54, 1.807) is 0 Å². The molecule has 0 unspecified atom stereocenters. The fourth-order valence-electron chi connectivity index (χ4n) is 6.10. The molecule has 1 aliphatic carbocycles. The summed E-state index contributed by atoms with van der Waals surface area (Å²) in [4.78, 5) is 4.94. The summed E-state index contributed by atoms with van der Waals surface area (Å²) in [6.07, 6.45) is -2.30. The number of rotatable bonds is 3. The summed E-state index contributed by atoms with van der Waals surface area (Å²) in [5.41, 5.74) is 3.08. The Morgan fingerprint density at radius 3 is 2.21 bits per heavy atom. The van der Waals surface area contributed by atoms with E-state index in [1.165, 1.54) is 12.1 Å². The van der Waals surface area contributed by atoms with E-state index in [4.69, 9.17) is 30.5 Å². The van der Waals surface area contributed by atoms with Gasteiger partial charge in [0.15, 0.2) is 8.32 Å². The van der Waals surface area contributed by atoms with Gasteiger partial charge in [0, 0.05) is 48.4 Å². The summed E-state index contributed by atoms with van der Waals surface area (Å²) in [7, 11) is -2.17. The Morgan fingerprint density at radius 1 is 1.03 bits per heavy atom. The molecule has 0 radical (unpaired) electrons. The Hall–Kier alpha value is -1.45. The molecule has 3 heterocycles. The second-order valence-corrected chi connectivity index (χ2v) is 18.8. The second-order valence-electron chi connectivity index (χ2n) is 13.7. The fourth-order valence-corrected chi connectivity index (χ4v) is 7.66. The van der Waals surface area contributed by atoms with Gasteiger partial charge in [0.2, 0.25) is 0 Å². The highest BCUT2D eigenvalue weighted by molar-refractivity contribution is 6.74. The number of hydrogen-bond donors (Lipinski definition) is 0. The van der Waals surface area contributed by atoms with Gasteiger partial charge in [-0.05, 0) is 54.1 Å². The van der Waals surface area contributed by atoms with Crippen LogP contribution in [0.25, 0.3) is 0 Å². The number of fused-ring (bicyclic) bond motifs is 4. The molecule has 1 spiro atoms. The van der Waals surface area contributed by atoms with Crippen molar-refractivity contribution in [2.75, 3.05) is 13.2 Å². The summed E-state index contributed by atoms with van der Waals surface area (Å²) in [5.74, 6) is 0. The summed E-state index contributed by atoms with van der Waals surface area (Å²) in [6.45, 7) is 16.8. The molecule has 0 amide bonds. The van der Waals surface area contributed by atoms with E-state index in [2.05, 4.69) is 47.7 Å². The lowest BCUT2D eigenvalue weighted by molar-refractivity contribution is -0.137. The number of benzene rings is 1. The van der Waals surface area contributed by atoms with Crippen LogP contribution in [-0.4, -0.2) is 26.5 Å². The van der Waals surface area contributed by atoms with Crippen LogP contribution in [0.5, 0.6) is 0 Å². The smallest absolute Gasteiger partial charge is 0.410 e. The van der Waals surface area contributed by atoms with Crippen LogP contribution in [-0.2, 0) is 32.1 Å². The zero-order chi connectivity index (χ0) is 28.6. The second kappa shape index (κ2) is 9.55. The molecule has 9 heteroatoms. The Morgan fingerprint density at radius 2 is 1.64 bits per heavy atom. The molecular weight excluding hydrogens is 543 g/mol. The lowest BCUT2D eigenvalue weighted by Gasteiger charge is -2.46. The Balaban J connectivity index is 1.70. The van der Waals surface area contributed by atoms with Crippen molar-refractivity contribution in [2.24, 2.45) is 5.41 Å². The fraction of sp³-hybridized carbons (Fsp3) is 0.633. The van der Waals surface area contributed by atoms with Gasteiger partial charge in [-0.1, -0.05) is 58.4 Å². The molecule has 4 nitrogen and oxygen atoms in total. The summed E-state index contributed by atoms with van der Waals surface area (Å²) >= 11 is 6.97. The first-order valence-corrected chi connectivity index (χ1v) is 17.1. The number of nitrogens with zero attached hydrogens (tertiary/aromatic N) is 1. The largest absolute Gasteiger partial charge is 0.416 e. The predicted molar refractivity (Wildman–Crippen MR) is 148 cm³/mol. The van der Waals surface area contributed by atoms with Crippen molar-refractivity contribution in [2.45, 2.75) is 102 Å². The molecule has 214 valence electrons. The number of hydrogen-bond acceptors (Lipinski definition) is 4. The monoisotopic (exact) mass is 581 g/mol.